The Hall–Kier alpha value is -4.63. The number of Topliss-reactive ketones (excluding diaryl/α,β-unsaturated/α-hetero) is 1. The Labute approximate surface area is 234 Å². The Morgan fingerprint density at radius 2 is 1.80 bits per heavy atom. The zero-order valence-electron chi connectivity index (χ0n) is 21.9. The van der Waals surface area contributed by atoms with Crippen LogP contribution in [0.1, 0.15) is 42.4 Å². The molecule has 0 saturated heterocycles. The van der Waals surface area contributed by atoms with Gasteiger partial charge in [0.15, 0.2) is 16.7 Å². The van der Waals surface area contributed by atoms with Gasteiger partial charge in [-0.2, -0.15) is 0 Å². The molecule has 3 aromatic carbocycles. The third-order valence-electron chi connectivity index (χ3n) is 6.64. The van der Waals surface area contributed by atoms with Crippen LogP contribution in [0.4, 0.5) is 5.13 Å². The lowest BCUT2D eigenvalue weighted by atomic mass is 9.95. The molecule has 40 heavy (non-hydrogen) atoms. The average molecular weight is 555 g/mol. The number of amides is 1. The highest BCUT2D eigenvalue weighted by molar-refractivity contribution is 7.22. The van der Waals surface area contributed by atoms with Crippen LogP contribution in [0.2, 0.25) is 0 Å². The summed E-state index contributed by atoms with van der Waals surface area (Å²) in [6.45, 7) is 5.02. The maximum atomic E-state index is 13.9. The van der Waals surface area contributed by atoms with E-state index in [0.717, 1.165) is 16.5 Å². The number of benzene rings is 3. The first-order chi connectivity index (χ1) is 19.5. The first-order valence-electron chi connectivity index (χ1n) is 13.0. The van der Waals surface area contributed by atoms with E-state index in [1.165, 1.54) is 16.2 Å². The highest BCUT2D eigenvalue weighted by atomic mass is 32.1. The van der Waals surface area contributed by atoms with Gasteiger partial charge in [0.2, 0.25) is 5.78 Å². The lowest BCUT2D eigenvalue weighted by Crippen LogP contribution is -2.30. The third-order valence-corrected chi connectivity index (χ3v) is 7.65. The molecule has 9 heteroatoms. The number of carbonyl (C=O) groups excluding carboxylic acids is 2. The molecular weight excluding hydrogens is 528 g/mol. The minimum atomic E-state index is -0.930. The van der Waals surface area contributed by atoms with E-state index in [2.05, 4.69) is 4.98 Å². The summed E-state index contributed by atoms with van der Waals surface area (Å²) < 4.78 is 18.0. The van der Waals surface area contributed by atoms with Crippen molar-refractivity contribution < 1.29 is 28.6 Å². The first-order valence-corrected chi connectivity index (χ1v) is 13.9. The Balaban J connectivity index is 1.45. The van der Waals surface area contributed by atoms with Gasteiger partial charge in [0.25, 0.3) is 5.91 Å². The summed E-state index contributed by atoms with van der Waals surface area (Å²) in [4.78, 5) is 33.6. The van der Waals surface area contributed by atoms with Crippen molar-refractivity contribution in [2.24, 2.45) is 0 Å². The number of para-hydroxylation sites is 1. The van der Waals surface area contributed by atoms with Crippen molar-refractivity contribution in [3.8, 4) is 11.5 Å². The van der Waals surface area contributed by atoms with E-state index in [4.69, 9.17) is 13.9 Å². The maximum absolute atomic E-state index is 13.9. The fourth-order valence-corrected chi connectivity index (χ4v) is 5.82. The summed E-state index contributed by atoms with van der Waals surface area (Å²) in [5.74, 6) is -0.505. The van der Waals surface area contributed by atoms with Crippen LogP contribution in [0.25, 0.3) is 21.2 Å². The van der Waals surface area contributed by atoms with E-state index in [1.807, 2.05) is 50.2 Å². The molecule has 1 N–H and O–H groups in total. The number of ether oxygens (including phenoxy) is 2. The molecule has 2 aromatic heterocycles. The van der Waals surface area contributed by atoms with Crippen LogP contribution in [0.15, 0.2) is 88.5 Å². The van der Waals surface area contributed by atoms with Crippen molar-refractivity contribution in [3.63, 3.8) is 0 Å². The molecule has 0 bridgehead atoms. The van der Waals surface area contributed by atoms with Crippen LogP contribution < -0.4 is 14.4 Å². The number of carbonyl (C=O) groups is 2. The van der Waals surface area contributed by atoms with E-state index in [0.29, 0.717) is 46.5 Å². The number of aromatic nitrogens is 1. The predicted molar refractivity (Wildman–Crippen MR) is 153 cm³/mol. The topological polar surface area (TPSA) is 102 Å². The summed E-state index contributed by atoms with van der Waals surface area (Å²) in [5.41, 5.74) is 1.77. The lowest BCUT2D eigenvalue weighted by Gasteiger charge is -2.24. The number of fused-ring (bicyclic) bond motifs is 2. The Bertz CT molecular complexity index is 1730. The number of nitrogens with zero attached hydrogens (tertiary/aromatic N) is 2. The number of furan rings is 1. The van der Waals surface area contributed by atoms with Crippen molar-refractivity contribution >= 4 is 49.3 Å². The molecule has 1 aliphatic rings. The van der Waals surface area contributed by atoms with Crippen LogP contribution in [-0.2, 0) is 4.79 Å². The van der Waals surface area contributed by atoms with Crippen molar-refractivity contribution in [2.75, 3.05) is 18.1 Å². The smallest absolute Gasteiger partial charge is 0.296 e. The monoisotopic (exact) mass is 554 g/mol. The van der Waals surface area contributed by atoms with E-state index in [-0.39, 0.29) is 11.3 Å². The Morgan fingerprint density at radius 1 is 1.02 bits per heavy atom. The van der Waals surface area contributed by atoms with Crippen LogP contribution in [-0.4, -0.2) is 35.0 Å². The van der Waals surface area contributed by atoms with Crippen molar-refractivity contribution in [3.05, 3.63) is 95.5 Å². The van der Waals surface area contributed by atoms with Gasteiger partial charge in [-0.15, -0.1) is 0 Å². The maximum Gasteiger partial charge on any atom is 0.296 e. The molecule has 1 atom stereocenters. The van der Waals surface area contributed by atoms with Gasteiger partial charge in [-0.25, -0.2) is 4.98 Å². The van der Waals surface area contributed by atoms with E-state index < -0.39 is 23.5 Å². The third kappa shape index (κ3) is 4.48. The van der Waals surface area contributed by atoms with E-state index in [9.17, 15) is 14.7 Å². The molecule has 6 rings (SSSR count). The molecule has 3 heterocycles. The number of aliphatic hydroxyl groups excluding tert-OH is 1. The van der Waals surface area contributed by atoms with Gasteiger partial charge in [0.1, 0.15) is 17.1 Å². The number of rotatable bonds is 9. The molecule has 1 unspecified atom stereocenters. The van der Waals surface area contributed by atoms with Crippen LogP contribution in [0.5, 0.6) is 11.5 Å². The molecular formula is C31H26N2O6S. The number of ketones is 1. The van der Waals surface area contributed by atoms with Gasteiger partial charge in [-0.1, -0.05) is 48.6 Å². The molecule has 0 saturated carbocycles. The fraction of sp³-hybridized carbons (Fsp3) is 0.194. The van der Waals surface area contributed by atoms with Crippen LogP contribution in [0.3, 0.4) is 0 Å². The van der Waals surface area contributed by atoms with Crippen LogP contribution >= 0.6 is 11.3 Å². The fourth-order valence-electron chi connectivity index (χ4n) is 4.79. The molecule has 0 radical (unpaired) electrons. The summed E-state index contributed by atoms with van der Waals surface area (Å²) >= 11 is 1.28. The van der Waals surface area contributed by atoms with Crippen molar-refractivity contribution in [1.82, 2.24) is 4.98 Å². The van der Waals surface area contributed by atoms with Gasteiger partial charge < -0.3 is 19.0 Å². The second-order valence-electron chi connectivity index (χ2n) is 9.29. The molecule has 0 aliphatic carbocycles. The number of anilines is 1. The molecule has 0 spiro atoms. The largest absolute Gasteiger partial charge is 0.503 e. The molecule has 5 aromatic rings. The Morgan fingerprint density at radius 3 is 2.55 bits per heavy atom. The van der Waals surface area contributed by atoms with Gasteiger partial charge in [-0.05, 0) is 61.4 Å². The summed E-state index contributed by atoms with van der Waals surface area (Å²) in [6.07, 6.45) is 0.863. The number of aliphatic hydroxyl groups is 1. The second kappa shape index (κ2) is 10.5. The first kappa shape index (κ1) is 25.6. The second-order valence-corrected chi connectivity index (χ2v) is 10.3. The summed E-state index contributed by atoms with van der Waals surface area (Å²) in [5, 5.41) is 12.2. The van der Waals surface area contributed by atoms with Crippen LogP contribution in [0, 0.1) is 0 Å². The summed E-state index contributed by atoms with van der Waals surface area (Å²) in [7, 11) is 0. The molecule has 0 fully saturated rings. The van der Waals surface area contributed by atoms with Crippen molar-refractivity contribution in [1.29, 1.82) is 0 Å². The minimum Gasteiger partial charge on any atom is -0.503 e. The van der Waals surface area contributed by atoms with E-state index >= 15 is 0 Å². The summed E-state index contributed by atoms with van der Waals surface area (Å²) in [6, 6.07) is 20.6. The lowest BCUT2D eigenvalue weighted by molar-refractivity contribution is -0.117. The van der Waals surface area contributed by atoms with Gasteiger partial charge in [-0.3, -0.25) is 14.5 Å². The average Bonchev–Trinajstić information content (AvgIpc) is 3.66. The zero-order valence-corrected chi connectivity index (χ0v) is 22.7. The number of hydrogen-bond acceptors (Lipinski definition) is 8. The Kier molecular flexibility index (Phi) is 6.73. The van der Waals surface area contributed by atoms with Crippen molar-refractivity contribution in [2.45, 2.75) is 26.3 Å². The minimum absolute atomic E-state index is 0.0379. The van der Waals surface area contributed by atoms with Gasteiger partial charge in [0, 0.05) is 5.39 Å². The molecule has 202 valence electrons. The predicted octanol–water partition coefficient (Wildman–Crippen LogP) is 7.01. The van der Waals surface area contributed by atoms with Gasteiger partial charge in [0.05, 0.1) is 35.0 Å². The normalized spacial score (nSPS) is 15.4. The number of hydrogen-bond donors (Lipinski definition) is 1. The van der Waals surface area contributed by atoms with Gasteiger partial charge >= 0.3 is 0 Å². The standard InChI is InChI=1S/C31H26N2O6S/c1-3-15-38-20-11-9-18(10-12-20)27-26(28(34)24-16-19-7-5-6-8-23(19)39-24)29(35)30(36)33(27)31-32-22-14-13-21(37-4-2)17-25(22)40-31/h5-14,16-17,27,35H,3-4,15H2,1-2H3. The molecule has 1 aliphatic heterocycles. The van der Waals surface area contributed by atoms with E-state index in [1.54, 1.807) is 36.4 Å². The number of thiazole rings is 1. The highest BCUT2D eigenvalue weighted by Gasteiger charge is 2.46. The zero-order chi connectivity index (χ0) is 27.8. The SMILES string of the molecule is CCCOc1ccc(C2C(C(=O)c3cc4ccccc4o3)=C(O)C(=O)N2c2nc3ccc(OCC)cc3s2)cc1. The molecule has 8 nitrogen and oxygen atoms in total. The quantitative estimate of drug-likeness (QED) is 0.196. The molecule has 1 amide bonds. The highest BCUT2D eigenvalue weighted by Crippen LogP contribution is 2.45.